The fourth-order valence-electron chi connectivity index (χ4n) is 2.41. The summed E-state index contributed by atoms with van der Waals surface area (Å²) in [4.78, 5) is 11.7. The first-order chi connectivity index (χ1) is 8.66. The van der Waals surface area contributed by atoms with Crippen molar-refractivity contribution in [2.24, 2.45) is 11.7 Å². The molecular formula is C13H23F3N2O. The molecule has 0 spiro atoms. The Bertz CT molecular complexity index is 308. The van der Waals surface area contributed by atoms with Crippen molar-refractivity contribution >= 4 is 5.91 Å². The normalized spacial score (nSPS) is 23.3. The smallest absolute Gasteiger partial charge is 0.351 e. The molecule has 1 aliphatic carbocycles. The van der Waals surface area contributed by atoms with E-state index in [9.17, 15) is 18.0 Å². The maximum atomic E-state index is 12.7. The molecule has 2 atom stereocenters. The van der Waals surface area contributed by atoms with Crippen LogP contribution in [0.2, 0.25) is 0 Å². The summed E-state index contributed by atoms with van der Waals surface area (Å²) in [5.74, 6) is -0.896. The third-order valence-corrected chi connectivity index (χ3v) is 4.03. The van der Waals surface area contributed by atoms with Crippen molar-refractivity contribution in [1.29, 1.82) is 0 Å². The number of nitrogens with two attached hydrogens (primary N) is 1. The minimum absolute atomic E-state index is 0.246. The van der Waals surface area contributed by atoms with E-state index in [1.165, 1.54) is 0 Å². The van der Waals surface area contributed by atoms with Gasteiger partial charge in [0.25, 0.3) is 0 Å². The number of amides is 1. The lowest BCUT2D eigenvalue weighted by molar-refractivity contribution is -0.187. The van der Waals surface area contributed by atoms with E-state index in [-0.39, 0.29) is 12.0 Å². The number of carbonyl (C=O) groups is 1. The second kappa shape index (κ2) is 6.11. The van der Waals surface area contributed by atoms with Gasteiger partial charge in [0, 0.05) is 6.04 Å². The molecule has 112 valence electrons. The second-order valence-corrected chi connectivity index (χ2v) is 5.71. The monoisotopic (exact) mass is 280 g/mol. The summed E-state index contributed by atoms with van der Waals surface area (Å²) >= 11 is 0. The van der Waals surface area contributed by atoms with Gasteiger partial charge in [-0.1, -0.05) is 25.7 Å². The lowest BCUT2D eigenvalue weighted by Gasteiger charge is -2.30. The Morgan fingerprint density at radius 3 is 2.11 bits per heavy atom. The van der Waals surface area contributed by atoms with Gasteiger partial charge >= 0.3 is 6.18 Å². The first-order valence-corrected chi connectivity index (χ1v) is 6.83. The van der Waals surface area contributed by atoms with Gasteiger partial charge in [0.2, 0.25) is 5.91 Å². The SMILES string of the molecule is C[C@@H](NC(=O)C(C)(N)C(F)(F)F)C1CCCCCC1. The number of carbonyl (C=O) groups excluding carboxylic acids is 1. The van der Waals surface area contributed by atoms with Crippen molar-refractivity contribution in [2.75, 3.05) is 0 Å². The van der Waals surface area contributed by atoms with Gasteiger partial charge in [0.05, 0.1) is 0 Å². The molecule has 1 aliphatic rings. The van der Waals surface area contributed by atoms with E-state index < -0.39 is 17.6 Å². The summed E-state index contributed by atoms with van der Waals surface area (Å²) in [7, 11) is 0. The Morgan fingerprint density at radius 1 is 1.21 bits per heavy atom. The summed E-state index contributed by atoms with van der Waals surface area (Å²) in [6, 6.07) is -0.268. The number of alkyl halides is 3. The fraction of sp³-hybridized carbons (Fsp3) is 0.923. The Labute approximate surface area is 112 Å². The first kappa shape index (κ1) is 16.3. The molecule has 1 unspecified atom stereocenters. The summed E-state index contributed by atoms with van der Waals surface area (Å²) in [6.07, 6.45) is 1.64. The molecule has 3 N–H and O–H groups in total. The van der Waals surface area contributed by atoms with Crippen molar-refractivity contribution in [3.8, 4) is 0 Å². The number of halogens is 3. The summed E-state index contributed by atoms with van der Waals surface area (Å²) in [6.45, 7) is 2.47. The minimum atomic E-state index is -4.74. The minimum Gasteiger partial charge on any atom is -0.351 e. The third-order valence-electron chi connectivity index (χ3n) is 4.03. The lowest BCUT2D eigenvalue weighted by atomic mass is 9.92. The standard InChI is InChI=1S/C13H23F3N2O/c1-9(10-7-5-3-4-6-8-10)18-11(19)12(2,17)13(14,15)16/h9-10H,3-8,17H2,1-2H3,(H,18,19)/t9-,12?/m1/s1. The highest BCUT2D eigenvalue weighted by molar-refractivity contribution is 5.86. The largest absolute Gasteiger partial charge is 0.415 e. The van der Waals surface area contributed by atoms with Crippen molar-refractivity contribution in [1.82, 2.24) is 5.32 Å². The second-order valence-electron chi connectivity index (χ2n) is 5.71. The van der Waals surface area contributed by atoms with Gasteiger partial charge in [-0.3, -0.25) is 4.79 Å². The van der Waals surface area contributed by atoms with Crippen molar-refractivity contribution in [2.45, 2.75) is 70.1 Å². The van der Waals surface area contributed by atoms with Gasteiger partial charge in [-0.25, -0.2) is 0 Å². The molecule has 0 saturated heterocycles. The molecule has 0 aromatic carbocycles. The Kier molecular flexibility index (Phi) is 5.24. The zero-order valence-corrected chi connectivity index (χ0v) is 11.5. The van der Waals surface area contributed by atoms with Crippen molar-refractivity contribution in [3.63, 3.8) is 0 Å². The van der Waals surface area contributed by atoms with Gasteiger partial charge < -0.3 is 11.1 Å². The van der Waals surface area contributed by atoms with Gasteiger partial charge in [-0.05, 0) is 32.6 Å². The summed E-state index contributed by atoms with van der Waals surface area (Å²) in [5.41, 5.74) is 2.28. The zero-order chi connectivity index (χ0) is 14.7. The number of hydrogen-bond acceptors (Lipinski definition) is 2. The molecule has 19 heavy (non-hydrogen) atoms. The van der Waals surface area contributed by atoms with Crippen LogP contribution in [0.3, 0.4) is 0 Å². The molecule has 1 rings (SSSR count). The molecule has 0 aliphatic heterocycles. The van der Waals surface area contributed by atoms with E-state index >= 15 is 0 Å². The molecule has 6 heteroatoms. The van der Waals surface area contributed by atoms with Crippen LogP contribution in [0.1, 0.15) is 52.4 Å². The summed E-state index contributed by atoms with van der Waals surface area (Å²) < 4.78 is 38.0. The molecule has 0 heterocycles. The Balaban J connectivity index is 2.60. The average Bonchev–Trinajstić information content (AvgIpc) is 2.55. The van der Waals surface area contributed by atoms with Gasteiger partial charge in [0.15, 0.2) is 5.54 Å². The molecule has 3 nitrogen and oxygen atoms in total. The van der Waals surface area contributed by atoms with E-state index in [0.717, 1.165) is 38.5 Å². The molecule has 0 bridgehead atoms. The van der Waals surface area contributed by atoms with Gasteiger partial charge in [-0.15, -0.1) is 0 Å². The van der Waals surface area contributed by atoms with Crippen LogP contribution in [0.4, 0.5) is 13.2 Å². The maximum Gasteiger partial charge on any atom is 0.415 e. The Hall–Kier alpha value is -0.780. The van der Waals surface area contributed by atoms with E-state index in [2.05, 4.69) is 5.32 Å². The fourth-order valence-corrected chi connectivity index (χ4v) is 2.41. The topological polar surface area (TPSA) is 55.1 Å². The van der Waals surface area contributed by atoms with Crippen LogP contribution in [0.15, 0.2) is 0 Å². The molecule has 1 fully saturated rings. The molecule has 0 aromatic rings. The molecule has 1 amide bonds. The van der Waals surface area contributed by atoms with Gasteiger partial charge in [-0.2, -0.15) is 13.2 Å². The predicted molar refractivity (Wildman–Crippen MR) is 67.4 cm³/mol. The van der Waals surface area contributed by atoms with Crippen LogP contribution in [-0.4, -0.2) is 23.7 Å². The molecule has 1 saturated carbocycles. The van der Waals surface area contributed by atoms with Crippen molar-refractivity contribution < 1.29 is 18.0 Å². The molecule has 0 radical (unpaired) electrons. The first-order valence-electron chi connectivity index (χ1n) is 6.83. The van der Waals surface area contributed by atoms with E-state index in [1.807, 2.05) is 0 Å². The Morgan fingerprint density at radius 2 is 1.68 bits per heavy atom. The maximum absolute atomic E-state index is 12.7. The van der Waals surface area contributed by atoms with Crippen molar-refractivity contribution in [3.05, 3.63) is 0 Å². The van der Waals surface area contributed by atoms with Crippen LogP contribution in [0.25, 0.3) is 0 Å². The van der Waals surface area contributed by atoms with Crippen LogP contribution in [-0.2, 0) is 4.79 Å². The molecule has 0 aromatic heterocycles. The van der Waals surface area contributed by atoms with E-state index in [4.69, 9.17) is 5.73 Å². The number of nitrogens with one attached hydrogen (secondary N) is 1. The molecular weight excluding hydrogens is 257 g/mol. The zero-order valence-electron chi connectivity index (χ0n) is 11.5. The third kappa shape index (κ3) is 4.09. The van der Waals surface area contributed by atoms with Gasteiger partial charge in [0.1, 0.15) is 0 Å². The highest BCUT2D eigenvalue weighted by Crippen LogP contribution is 2.29. The van der Waals surface area contributed by atoms with Crippen LogP contribution in [0, 0.1) is 5.92 Å². The number of rotatable bonds is 3. The highest BCUT2D eigenvalue weighted by atomic mass is 19.4. The summed E-state index contributed by atoms with van der Waals surface area (Å²) in [5, 5.41) is 2.44. The number of hydrogen-bond donors (Lipinski definition) is 2. The van der Waals surface area contributed by atoms with Crippen LogP contribution in [0.5, 0.6) is 0 Å². The van der Waals surface area contributed by atoms with E-state index in [1.54, 1.807) is 6.92 Å². The quantitative estimate of drug-likeness (QED) is 0.781. The highest BCUT2D eigenvalue weighted by Gasteiger charge is 2.54. The predicted octanol–water partition coefficient (Wildman–Crippen LogP) is 2.74. The van der Waals surface area contributed by atoms with E-state index in [0.29, 0.717) is 6.92 Å². The lowest BCUT2D eigenvalue weighted by Crippen LogP contribution is -2.63. The van der Waals surface area contributed by atoms with Crippen LogP contribution < -0.4 is 11.1 Å². The average molecular weight is 280 g/mol. The van der Waals surface area contributed by atoms with Crippen LogP contribution >= 0.6 is 0 Å².